The van der Waals surface area contributed by atoms with Gasteiger partial charge in [-0.15, -0.1) is 0 Å². The minimum atomic E-state index is -1.08. The predicted molar refractivity (Wildman–Crippen MR) is 109 cm³/mol. The Morgan fingerprint density at radius 3 is 2.30 bits per heavy atom. The number of hydrogen-bond donors (Lipinski definition) is 4. The zero-order chi connectivity index (χ0) is 19.0. The van der Waals surface area contributed by atoms with E-state index < -0.39 is 5.54 Å². The second-order valence-corrected chi connectivity index (χ2v) is 7.20. The third-order valence-corrected chi connectivity index (χ3v) is 5.54. The van der Waals surface area contributed by atoms with Crippen molar-refractivity contribution in [3.8, 4) is 0 Å². The van der Waals surface area contributed by atoms with E-state index in [2.05, 4.69) is 59.4 Å². The number of nitrogens with zero attached hydrogens (tertiary/aromatic N) is 1. The van der Waals surface area contributed by atoms with Crippen LogP contribution < -0.4 is 5.32 Å². The van der Waals surface area contributed by atoms with E-state index >= 15 is 0 Å². The van der Waals surface area contributed by atoms with Crippen molar-refractivity contribution in [2.24, 2.45) is 7.05 Å². The molecule has 4 N–H and O–H groups in total. The second kappa shape index (κ2) is 6.94. The number of aliphatic hydroxyl groups excluding tert-OH is 3. The van der Waals surface area contributed by atoms with Gasteiger partial charge >= 0.3 is 0 Å². The number of aliphatic hydroxyl groups is 3. The van der Waals surface area contributed by atoms with Crippen molar-refractivity contribution >= 4 is 32.6 Å². The zero-order valence-electron chi connectivity index (χ0n) is 15.3. The van der Waals surface area contributed by atoms with Crippen molar-refractivity contribution in [2.45, 2.75) is 12.1 Å². The quantitative estimate of drug-likeness (QED) is 0.423. The average molecular weight is 364 g/mol. The maximum Gasteiger partial charge on any atom is 0.0884 e. The number of nitrogens with one attached hydrogen (secondary N) is 1. The van der Waals surface area contributed by atoms with Crippen LogP contribution in [-0.4, -0.2) is 45.2 Å². The molecule has 0 saturated carbocycles. The van der Waals surface area contributed by atoms with Gasteiger partial charge in [-0.25, -0.2) is 0 Å². The van der Waals surface area contributed by atoms with E-state index in [0.717, 1.165) is 11.1 Å². The maximum absolute atomic E-state index is 9.50. The Labute approximate surface area is 157 Å². The zero-order valence-corrected chi connectivity index (χ0v) is 15.3. The molecule has 5 nitrogen and oxygen atoms in total. The molecule has 3 aromatic carbocycles. The van der Waals surface area contributed by atoms with Gasteiger partial charge < -0.3 is 25.2 Å². The lowest BCUT2D eigenvalue weighted by Crippen LogP contribution is -2.54. The third kappa shape index (κ3) is 2.89. The molecule has 0 saturated heterocycles. The molecular weight excluding hydrogens is 340 g/mol. The summed E-state index contributed by atoms with van der Waals surface area (Å²) in [6.45, 7) is -0.553. The molecule has 4 aromatic rings. The Balaban J connectivity index is 1.84. The summed E-state index contributed by atoms with van der Waals surface area (Å²) in [5.74, 6) is 0. The molecule has 0 radical (unpaired) electrons. The van der Waals surface area contributed by atoms with Gasteiger partial charge in [0.1, 0.15) is 0 Å². The van der Waals surface area contributed by atoms with E-state index in [0.29, 0.717) is 6.54 Å². The number of aryl methyl sites for hydroxylation is 1. The van der Waals surface area contributed by atoms with Crippen molar-refractivity contribution < 1.29 is 15.3 Å². The lowest BCUT2D eigenvalue weighted by molar-refractivity contribution is 0.0414. The molecule has 0 aliphatic carbocycles. The van der Waals surface area contributed by atoms with Crippen molar-refractivity contribution in [1.82, 2.24) is 9.88 Å². The van der Waals surface area contributed by atoms with E-state index in [1.165, 1.54) is 27.1 Å². The summed E-state index contributed by atoms with van der Waals surface area (Å²) in [5, 5.41) is 36.4. The summed E-state index contributed by atoms with van der Waals surface area (Å²) in [4.78, 5) is 0. The van der Waals surface area contributed by atoms with Gasteiger partial charge in [-0.2, -0.15) is 0 Å². The van der Waals surface area contributed by atoms with E-state index in [4.69, 9.17) is 0 Å². The molecular formula is C22H24N2O3. The Bertz CT molecular complexity index is 1100. The molecule has 1 aromatic heterocycles. The first kappa shape index (κ1) is 17.9. The fraction of sp³-hybridized carbons (Fsp3) is 0.273. The Hall–Kier alpha value is -2.44. The monoisotopic (exact) mass is 364 g/mol. The van der Waals surface area contributed by atoms with E-state index in [9.17, 15) is 15.3 Å². The van der Waals surface area contributed by atoms with Gasteiger partial charge in [0.15, 0.2) is 0 Å². The van der Waals surface area contributed by atoms with Crippen LogP contribution in [0.15, 0.2) is 54.6 Å². The SMILES string of the molecule is Cn1c2ccc(CNC(CO)(CO)CO)cc2c2c3ccccc3ccc21. The fourth-order valence-corrected chi connectivity index (χ4v) is 3.75. The molecule has 0 bridgehead atoms. The van der Waals surface area contributed by atoms with Crippen molar-refractivity contribution in [1.29, 1.82) is 0 Å². The highest BCUT2D eigenvalue weighted by Gasteiger charge is 2.27. The third-order valence-electron chi connectivity index (χ3n) is 5.54. The lowest BCUT2D eigenvalue weighted by Gasteiger charge is -2.28. The highest BCUT2D eigenvalue weighted by Crippen LogP contribution is 2.34. The first-order valence-electron chi connectivity index (χ1n) is 9.09. The molecule has 0 aliphatic rings. The van der Waals surface area contributed by atoms with Crippen LogP contribution in [0.4, 0.5) is 0 Å². The number of benzene rings is 3. The van der Waals surface area contributed by atoms with Gasteiger partial charge in [0.05, 0.1) is 25.4 Å². The predicted octanol–water partition coefficient (Wildman–Crippen LogP) is 2.29. The van der Waals surface area contributed by atoms with Gasteiger partial charge in [-0.05, 0) is 34.5 Å². The molecule has 0 aliphatic heterocycles. The van der Waals surface area contributed by atoms with Crippen molar-refractivity contribution in [2.75, 3.05) is 19.8 Å². The average Bonchev–Trinajstić information content (AvgIpc) is 3.01. The summed E-state index contributed by atoms with van der Waals surface area (Å²) >= 11 is 0. The molecule has 1 heterocycles. The molecule has 4 rings (SSSR count). The minimum Gasteiger partial charge on any atom is -0.394 e. The molecule has 0 fully saturated rings. The van der Waals surface area contributed by atoms with Crippen LogP contribution in [0, 0.1) is 0 Å². The number of fused-ring (bicyclic) bond motifs is 5. The number of rotatable bonds is 6. The summed E-state index contributed by atoms with van der Waals surface area (Å²) in [7, 11) is 2.08. The van der Waals surface area contributed by atoms with Crippen LogP contribution in [0.1, 0.15) is 5.56 Å². The number of hydrogen-bond acceptors (Lipinski definition) is 4. The first-order chi connectivity index (χ1) is 13.1. The normalized spacial score (nSPS) is 12.4. The van der Waals surface area contributed by atoms with Crippen LogP contribution in [0.5, 0.6) is 0 Å². The summed E-state index contributed by atoms with van der Waals surface area (Å²) in [5.41, 5.74) is 2.29. The van der Waals surface area contributed by atoms with Gasteiger partial charge in [-0.1, -0.05) is 36.4 Å². The minimum absolute atomic E-state index is 0.332. The van der Waals surface area contributed by atoms with Crippen LogP contribution in [0.25, 0.3) is 32.6 Å². The Morgan fingerprint density at radius 2 is 1.56 bits per heavy atom. The van der Waals surface area contributed by atoms with E-state index in [1.807, 2.05) is 12.1 Å². The first-order valence-corrected chi connectivity index (χ1v) is 9.09. The summed E-state index contributed by atoms with van der Waals surface area (Å²) in [6.07, 6.45) is 0. The maximum atomic E-state index is 9.50. The Morgan fingerprint density at radius 1 is 0.852 bits per heavy atom. The van der Waals surface area contributed by atoms with Crippen LogP contribution >= 0.6 is 0 Å². The molecule has 0 spiro atoms. The van der Waals surface area contributed by atoms with Gasteiger partial charge in [0.25, 0.3) is 0 Å². The lowest BCUT2D eigenvalue weighted by atomic mass is 10.0. The molecule has 140 valence electrons. The molecule has 5 heteroatoms. The van der Waals surface area contributed by atoms with Crippen LogP contribution in [-0.2, 0) is 13.6 Å². The standard InChI is InChI=1S/C22H24N2O3/c1-24-19-8-6-15(11-23-22(12-25,13-26)14-27)10-18(19)21-17-5-3-2-4-16(17)7-9-20(21)24/h2-10,23,25-27H,11-14H2,1H3. The number of aromatic nitrogens is 1. The second-order valence-electron chi connectivity index (χ2n) is 7.20. The molecule has 0 atom stereocenters. The largest absolute Gasteiger partial charge is 0.394 e. The highest BCUT2D eigenvalue weighted by molar-refractivity contribution is 6.20. The summed E-state index contributed by atoms with van der Waals surface area (Å²) in [6, 6.07) is 19.0. The van der Waals surface area contributed by atoms with Crippen molar-refractivity contribution in [3.05, 3.63) is 60.2 Å². The molecule has 0 unspecified atom stereocenters. The topological polar surface area (TPSA) is 77.7 Å². The molecule has 0 amide bonds. The van der Waals surface area contributed by atoms with E-state index in [1.54, 1.807) is 0 Å². The van der Waals surface area contributed by atoms with Gasteiger partial charge in [0.2, 0.25) is 0 Å². The van der Waals surface area contributed by atoms with E-state index in [-0.39, 0.29) is 19.8 Å². The fourth-order valence-electron chi connectivity index (χ4n) is 3.75. The summed E-state index contributed by atoms with van der Waals surface area (Å²) < 4.78 is 2.20. The highest BCUT2D eigenvalue weighted by atomic mass is 16.3. The Kier molecular flexibility index (Phi) is 4.61. The van der Waals surface area contributed by atoms with Crippen LogP contribution in [0.2, 0.25) is 0 Å². The smallest absolute Gasteiger partial charge is 0.0884 e. The van der Waals surface area contributed by atoms with Crippen LogP contribution in [0.3, 0.4) is 0 Å². The molecule has 27 heavy (non-hydrogen) atoms. The van der Waals surface area contributed by atoms with Gasteiger partial charge in [-0.3, -0.25) is 0 Å². The van der Waals surface area contributed by atoms with Crippen molar-refractivity contribution in [3.63, 3.8) is 0 Å². The van der Waals surface area contributed by atoms with Gasteiger partial charge in [0, 0.05) is 35.4 Å².